The van der Waals surface area contributed by atoms with Crippen LogP contribution in [0, 0.1) is 6.92 Å². The first kappa shape index (κ1) is 13.6. The smallest absolute Gasteiger partial charge is 0.227 e. The predicted octanol–water partition coefficient (Wildman–Crippen LogP) is 2.28. The second-order valence-corrected chi connectivity index (χ2v) is 5.71. The Kier molecular flexibility index (Phi) is 4.40. The van der Waals surface area contributed by atoms with Gasteiger partial charge in [0, 0.05) is 17.1 Å². The van der Waals surface area contributed by atoms with Gasteiger partial charge in [-0.25, -0.2) is 0 Å². The van der Waals surface area contributed by atoms with Crippen LogP contribution in [0.5, 0.6) is 0 Å². The first-order valence-electron chi connectivity index (χ1n) is 6.27. The minimum Gasteiger partial charge on any atom is -0.395 e. The Hall–Kier alpha value is -0.870. The summed E-state index contributed by atoms with van der Waals surface area (Å²) in [6.45, 7) is 2.52. The Morgan fingerprint density at radius 3 is 2.78 bits per heavy atom. The van der Waals surface area contributed by atoms with Crippen molar-refractivity contribution in [3.05, 3.63) is 33.8 Å². The number of benzene rings is 1. The van der Waals surface area contributed by atoms with Gasteiger partial charge in [-0.05, 0) is 43.0 Å². The molecular formula is C14H18BrNO2. The van der Waals surface area contributed by atoms with Gasteiger partial charge in [0.25, 0.3) is 0 Å². The molecule has 0 heterocycles. The standard InChI is InChI=1S/C14H18BrNO2/c1-10-8-12(15)3-2-11(10)9-14(18)16(6-7-17)13-4-5-13/h2-3,8,13,17H,4-7,9H2,1H3. The molecule has 4 heteroatoms. The van der Waals surface area contributed by atoms with Gasteiger partial charge >= 0.3 is 0 Å². The van der Waals surface area contributed by atoms with Crippen LogP contribution in [0.4, 0.5) is 0 Å². The molecular weight excluding hydrogens is 294 g/mol. The van der Waals surface area contributed by atoms with E-state index in [1.807, 2.05) is 30.0 Å². The summed E-state index contributed by atoms with van der Waals surface area (Å²) in [6, 6.07) is 6.33. The Morgan fingerprint density at radius 1 is 1.50 bits per heavy atom. The number of amides is 1. The summed E-state index contributed by atoms with van der Waals surface area (Å²) in [5.74, 6) is 0.122. The Labute approximate surface area is 116 Å². The Morgan fingerprint density at radius 2 is 2.22 bits per heavy atom. The molecule has 3 nitrogen and oxygen atoms in total. The summed E-state index contributed by atoms with van der Waals surface area (Å²) in [6.07, 6.45) is 2.58. The Balaban J connectivity index is 2.05. The summed E-state index contributed by atoms with van der Waals surface area (Å²) in [5, 5.41) is 9.02. The van der Waals surface area contributed by atoms with E-state index < -0.39 is 0 Å². The number of nitrogens with zero attached hydrogens (tertiary/aromatic N) is 1. The minimum atomic E-state index is 0.0432. The van der Waals surface area contributed by atoms with E-state index in [0.717, 1.165) is 28.4 Å². The van der Waals surface area contributed by atoms with Crippen molar-refractivity contribution in [1.29, 1.82) is 0 Å². The highest BCUT2D eigenvalue weighted by atomic mass is 79.9. The highest BCUT2D eigenvalue weighted by Gasteiger charge is 2.31. The van der Waals surface area contributed by atoms with E-state index in [2.05, 4.69) is 15.9 Å². The molecule has 1 amide bonds. The van der Waals surface area contributed by atoms with Crippen LogP contribution in [-0.4, -0.2) is 35.1 Å². The SMILES string of the molecule is Cc1cc(Br)ccc1CC(=O)N(CCO)C1CC1. The largest absolute Gasteiger partial charge is 0.395 e. The van der Waals surface area contributed by atoms with Crippen LogP contribution < -0.4 is 0 Å². The van der Waals surface area contributed by atoms with Gasteiger partial charge in [-0.2, -0.15) is 0 Å². The van der Waals surface area contributed by atoms with Gasteiger partial charge in [0.1, 0.15) is 0 Å². The zero-order valence-electron chi connectivity index (χ0n) is 10.5. The molecule has 0 atom stereocenters. The lowest BCUT2D eigenvalue weighted by Gasteiger charge is -2.21. The van der Waals surface area contributed by atoms with Crippen molar-refractivity contribution >= 4 is 21.8 Å². The molecule has 18 heavy (non-hydrogen) atoms. The fraction of sp³-hybridized carbons (Fsp3) is 0.500. The topological polar surface area (TPSA) is 40.5 Å². The molecule has 98 valence electrons. The molecule has 1 aromatic carbocycles. The number of aliphatic hydroxyl groups is 1. The van der Waals surface area contributed by atoms with Crippen molar-refractivity contribution < 1.29 is 9.90 Å². The summed E-state index contributed by atoms with van der Waals surface area (Å²) in [7, 11) is 0. The summed E-state index contributed by atoms with van der Waals surface area (Å²) in [5.41, 5.74) is 2.18. The second kappa shape index (κ2) is 5.85. The van der Waals surface area contributed by atoms with E-state index in [1.54, 1.807) is 0 Å². The molecule has 1 aliphatic carbocycles. The van der Waals surface area contributed by atoms with E-state index in [0.29, 0.717) is 19.0 Å². The van der Waals surface area contributed by atoms with Crippen molar-refractivity contribution in [1.82, 2.24) is 4.90 Å². The first-order valence-corrected chi connectivity index (χ1v) is 7.06. The molecule has 0 radical (unpaired) electrons. The average molecular weight is 312 g/mol. The predicted molar refractivity (Wildman–Crippen MR) is 74.4 cm³/mol. The van der Waals surface area contributed by atoms with Crippen molar-refractivity contribution in [3.8, 4) is 0 Å². The van der Waals surface area contributed by atoms with Crippen LogP contribution in [0.2, 0.25) is 0 Å². The fourth-order valence-electron chi connectivity index (χ4n) is 2.13. The highest BCUT2D eigenvalue weighted by Crippen LogP contribution is 2.27. The molecule has 1 N–H and O–H groups in total. The van der Waals surface area contributed by atoms with Gasteiger partial charge < -0.3 is 10.0 Å². The monoisotopic (exact) mass is 311 g/mol. The molecule has 2 rings (SSSR count). The van der Waals surface area contributed by atoms with Crippen LogP contribution >= 0.6 is 15.9 Å². The molecule has 0 saturated heterocycles. The van der Waals surface area contributed by atoms with Crippen LogP contribution in [0.1, 0.15) is 24.0 Å². The van der Waals surface area contributed by atoms with Gasteiger partial charge in [-0.15, -0.1) is 0 Å². The van der Waals surface area contributed by atoms with Crippen molar-refractivity contribution in [2.24, 2.45) is 0 Å². The maximum absolute atomic E-state index is 12.2. The van der Waals surface area contributed by atoms with Crippen LogP contribution in [0.15, 0.2) is 22.7 Å². The van der Waals surface area contributed by atoms with E-state index >= 15 is 0 Å². The van der Waals surface area contributed by atoms with Gasteiger partial charge in [0.2, 0.25) is 5.91 Å². The highest BCUT2D eigenvalue weighted by molar-refractivity contribution is 9.10. The molecule has 0 spiro atoms. The van der Waals surface area contributed by atoms with Gasteiger partial charge in [-0.1, -0.05) is 22.0 Å². The van der Waals surface area contributed by atoms with E-state index in [1.165, 1.54) is 0 Å². The lowest BCUT2D eigenvalue weighted by atomic mass is 10.1. The third kappa shape index (κ3) is 3.33. The van der Waals surface area contributed by atoms with Crippen molar-refractivity contribution in [3.63, 3.8) is 0 Å². The molecule has 1 aliphatic rings. The van der Waals surface area contributed by atoms with Gasteiger partial charge in [0.15, 0.2) is 0 Å². The second-order valence-electron chi connectivity index (χ2n) is 4.79. The number of carbonyl (C=O) groups excluding carboxylic acids is 1. The lowest BCUT2D eigenvalue weighted by molar-refractivity contribution is -0.131. The number of halogens is 1. The maximum atomic E-state index is 12.2. The van der Waals surface area contributed by atoms with E-state index in [-0.39, 0.29) is 12.5 Å². The minimum absolute atomic E-state index is 0.0432. The normalized spacial score (nSPS) is 14.6. The lowest BCUT2D eigenvalue weighted by Crippen LogP contribution is -2.36. The molecule has 0 aromatic heterocycles. The third-order valence-corrected chi connectivity index (χ3v) is 3.79. The van der Waals surface area contributed by atoms with E-state index in [4.69, 9.17) is 5.11 Å². The fourth-order valence-corrected chi connectivity index (χ4v) is 2.60. The number of rotatable bonds is 5. The number of hydrogen-bond donors (Lipinski definition) is 1. The number of carbonyl (C=O) groups is 1. The third-order valence-electron chi connectivity index (χ3n) is 3.30. The van der Waals surface area contributed by atoms with Crippen LogP contribution in [0.3, 0.4) is 0 Å². The summed E-state index contributed by atoms with van der Waals surface area (Å²) >= 11 is 3.42. The maximum Gasteiger partial charge on any atom is 0.227 e. The molecule has 0 unspecified atom stereocenters. The van der Waals surface area contributed by atoms with Crippen LogP contribution in [0.25, 0.3) is 0 Å². The van der Waals surface area contributed by atoms with Crippen LogP contribution in [-0.2, 0) is 11.2 Å². The average Bonchev–Trinajstić information content (AvgIpc) is 3.13. The summed E-state index contributed by atoms with van der Waals surface area (Å²) < 4.78 is 1.03. The van der Waals surface area contributed by atoms with E-state index in [9.17, 15) is 4.79 Å². The zero-order chi connectivity index (χ0) is 13.1. The van der Waals surface area contributed by atoms with Crippen molar-refractivity contribution in [2.45, 2.75) is 32.2 Å². The first-order chi connectivity index (χ1) is 8.61. The van der Waals surface area contributed by atoms with Gasteiger partial charge in [0.05, 0.1) is 13.0 Å². The molecule has 0 bridgehead atoms. The number of hydrogen-bond acceptors (Lipinski definition) is 2. The molecule has 1 saturated carbocycles. The molecule has 1 aromatic rings. The quantitative estimate of drug-likeness (QED) is 0.906. The Bertz CT molecular complexity index is 443. The van der Waals surface area contributed by atoms with Gasteiger partial charge in [-0.3, -0.25) is 4.79 Å². The number of aryl methyl sites for hydroxylation is 1. The molecule has 1 fully saturated rings. The molecule has 0 aliphatic heterocycles. The van der Waals surface area contributed by atoms with Crippen molar-refractivity contribution in [2.75, 3.05) is 13.2 Å². The summed E-state index contributed by atoms with van der Waals surface area (Å²) in [4.78, 5) is 14.0. The zero-order valence-corrected chi connectivity index (χ0v) is 12.1. The number of aliphatic hydroxyl groups excluding tert-OH is 1.